The second kappa shape index (κ2) is 9.19. The fourth-order valence-electron chi connectivity index (χ4n) is 3.14. The summed E-state index contributed by atoms with van der Waals surface area (Å²) in [5, 5.41) is 14.8. The predicted octanol–water partition coefficient (Wildman–Crippen LogP) is 5.55. The van der Waals surface area contributed by atoms with Crippen LogP contribution in [0.1, 0.15) is 11.4 Å². The Morgan fingerprint density at radius 2 is 1.88 bits per heavy atom. The van der Waals surface area contributed by atoms with Gasteiger partial charge in [0.05, 0.1) is 11.1 Å². The van der Waals surface area contributed by atoms with Crippen molar-refractivity contribution in [2.45, 2.75) is 16.6 Å². The average molecular weight is 482 g/mol. The van der Waals surface area contributed by atoms with E-state index in [0.717, 1.165) is 25.9 Å². The van der Waals surface area contributed by atoms with Gasteiger partial charge in [-0.3, -0.25) is 4.79 Å². The Kier molecular flexibility index (Phi) is 5.97. The minimum Gasteiger partial charge on any atom is -0.356 e. The van der Waals surface area contributed by atoms with Crippen LogP contribution in [0.5, 0.6) is 0 Å². The van der Waals surface area contributed by atoms with Crippen LogP contribution in [0.2, 0.25) is 0 Å². The number of fused-ring (bicyclic) bond motifs is 1. The maximum Gasteiger partial charge on any atom is 0.260 e. The maximum atomic E-state index is 13.0. The number of hydrogen-bond acceptors (Lipinski definition) is 8. The number of aromatic amines is 1. The van der Waals surface area contributed by atoms with Crippen LogP contribution < -0.4 is 10.9 Å². The van der Waals surface area contributed by atoms with E-state index in [1.54, 1.807) is 12.1 Å². The lowest BCUT2D eigenvalue weighted by atomic mass is 10.1. The molecule has 2 aromatic carbocycles. The zero-order valence-corrected chi connectivity index (χ0v) is 19.0. The third-order valence-electron chi connectivity index (χ3n) is 4.67. The molecule has 3 aromatic heterocycles. The Hall–Kier alpha value is -3.08. The lowest BCUT2D eigenvalue weighted by Gasteiger charge is -2.02. The number of halogens is 1. The number of anilines is 1. The van der Waals surface area contributed by atoms with E-state index in [4.69, 9.17) is 0 Å². The zero-order valence-electron chi connectivity index (χ0n) is 16.5. The Morgan fingerprint density at radius 3 is 2.69 bits per heavy atom. The molecule has 0 radical (unpaired) electrons. The summed E-state index contributed by atoms with van der Waals surface area (Å²) < 4.78 is 13.8. The molecule has 0 atom stereocenters. The molecule has 0 fully saturated rings. The van der Waals surface area contributed by atoms with Crippen LogP contribution in [0.3, 0.4) is 0 Å². The van der Waals surface area contributed by atoms with Crippen molar-refractivity contribution in [3.63, 3.8) is 0 Å². The van der Waals surface area contributed by atoms with E-state index >= 15 is 0 Å². The zero-order chi connectivity index (χ0) is 21.9. The molecule has 2 N–H and O–H groups in total. The fourth-order valence-corrected chi connectivity index (χ4v) is 5.73. The van der Waals surface area contributed by atoms with Crippen LogP contribution in [0.4, 0.5) is 9.52 Å². The summed E-state index contributed by atoms with van der Waals surface area (Å²) in [6, 6.07) is 16.2. The van der Waals surface area contributed by atoms with Crippen LogP contribution in [-0.4, -0.2) is 20.2 Å². The molecule has 3 heterocycles. The van der Waals surface area contributed by atoms with Crippen molar-refractivity contribution >= 4 is 49.8 Å². The second-order valence-electron chi connectivity index (χ2n) is 6.85. The van der Waals surface area contributed by atoms with Crippen molar-refractivity contribution < 1.29 is 4.39 Å². The maximum absolute atomic E-state index is 13.0. The summed E-state index contributed by atoms with van der Waals surface area (Å²) in [5.74, 6) is 0.827. The van der Waals surface area contributed by atoms with E-state index in [1.165, 1.54) is 46.6 Å². The number of nitrogens with zero attached hydrogens (tertiary/aromatic N) is 3. The summed E-state index contributed by atoms with van der Waals surface area (Å²) >= 11 is 4.36. The first kappa shape index (κ1) is 20.8. The van der Waals surface area contributed by atoms with E-state index in [-0.39, 0.29) is 11.4 Å². The lowest BCUT2D eigenvalue weighted by molar-refractivity contribution is 0.627. The molecule has 0 saturated heterocycles. The molecular weight excluding hydrogens is 465 g/mol. The molecule has 5 rings (SSSR count). The molecule has 6 nitrogen and oxygen atoms in total. The van der Waals surface area contributed by atoms with Gasteiger partial charge in [-0.05, 0) is 23.3 Å². The SMILES string of the molecule is O=c1[nH]c(CSc2nnc(NCc3ccc(F)cc3)s2)nc2scc(-c3ccccc3)c12. The van der Waals surface area contributed by atoms with Gasteiger partial charge in [0.15, 0.2) is 4.34 Å². The number of nitrogens with one attached hydrogen (secondary N) is 2. The Bertz CT molecular complexity index is 1410. The molecule has 160 valence electrons. The van der Waals surface area contributed by atoms with Gasteiger partial charge < -0.3 is 10.3 Å². The predicted molar refractivity (Wildman–Crippen MR) is 129 cm³/mol. The third kappa shape index (κ3) is 4.57. The molecular formula is C22H16FN5OS3. The number of H-pyrrole nitrogens is 1. The van der Waals surface area contributed by atoms with E-state index in [9.17, 15) is 9.18 Å². The topological polar surface area (TPSA) is 83.6 Å². The highest BCUT2D eigenvalue weighted by molar-refractivity contribution is 8.00. The molecule has 32 heavy (non-hydrogen) atoms. The smallest absolute Gasteiger partial charge is 0.260 e. The van der Waals surface area contributed by atoms with E-state index in [2.05, 4.69) is 25.5 Å². The van der Waals surface area contributed by atoms with Crippen LogP contribution in [0.15, 0.2) is 69.1 Å². The monoisotopic (exact) mass is 481 g/mol. The highest BCUT2D eigenvalue weighted by Crippen LogP contribution is 2.32. The summed E-state index contributed by atoms with van der Waals surface area (Å²) in [7, 11) is 0. The first-order valence-electron chi connectivity index (χ1n) is 9.66. The van der Waals surface area contributed by atoms with Gasteiger partial charge in [-0.1, -0.05) is 65.6 Å². The molecule has 0 aliphatic carbocycles. The van der Waals surface area contributed by atoms with Crippen molar-refractivity contribution in [3.05, 3.63) is 87.5 Å². The van der Waals surface area contributed by atoms with Gasteiger partial charge in [0.2, 0.25) is 5.13 Å². The number of rotatable bonds is 7. The molecule has 0 spiro atoms. The third-order valence-corrected chi connectivity index (χ3v) is 7.57. The molecule has 0 unspecified atom stereocenters. The fraction of sp³-hybridized carbons (Fsp3) is 0.0909. The molecule has 5 aromatic rings. The van der Waals surface area contributed by atoms with Crippen molar-refractivity contribution in [2.24, 2.45) is 0 Å². The van der Waals surface area contributed by atoms with E-state index < -0.39 is 0 Å². The van der Waals surface area contributed by atoms with Gasteiger partial charge in [0, 0.05) is 17.5 Å². The van der Waals surface area contributed by atoms with Gasteiger partial charge in [0.25, 0.3) is 5.56 Å². The quantitative estimate of drug-likeness (QED) is 0.297. The lowest BCUT2D eigenvalue weighted by Crippen LogP contribution is -2.10. The van der Waals surface area contributed by atoms with Crippen LogP contribution >= 0.6 is 34.4 Å². The Morgan fingerprint density at radius 1 is 1.06 bits per heavy atom. The minimum atomic E-state index is -0.257. The highest BCUT2D eigenvalue weighted by atomic mass is 32.2. The minimum absolute atomic E-state index is 0.135. The van der Waals surface area contributed by atoms with Gasteiger partial charge in [-0.2, -0.15) is 0 Å². The van der Waals surface area contributed by atoms with Crippen LogP contribution in [-0.2, 0) is 12.3 Å². The molecule has 0 aliphatic heterocycles. The summed E-state index contributed by atoms with van der Waals surface area (Å²) in [6.07, 6.45) is 0. The van der Waals surface area contributed by atoms with Gasteiger partial charge in [0.1, 0.15) is 16.5 Å². The number of hydrogen-bond donors (Lipinski definition) is 2. The number of benzene rings is 2. The standard InChI is InChI=1S/C22H16FN5OS3/c23-15-8-6-13(7-9-15)10-24-21-27-28-22(32-21)31-12-17-25-19(29)18-16(11-30-20(18)26-17)14-4-2-1-3-5-14/h1-9,11H,10,12H2,(H,24,27)(H,25,26,29). The van der Waals surface area contributed by atoms with Crippen molar-refractivity contribution in [3.8, 4) is 11.1 Å². The summed E-state index contributed by atoms with van der Waals surface area (Å²) in [5.41, 5.74) is 2.73. The second-order valence-corrected chi connectivity index (χ2v) is 9.91. The Labute approximate surface area is 194 Å². The number of thiophene rings is 1. The number of aromatic nitrogens is 4. The van der Waals surface area contributed by atoms with Crippen molar-refractivity contribution in [1.82, 2.24) is 20.2 Å². The van der Waals surface area contributed by atoms with Gasteiger partial charge in [-0.25, -0.2) is 9.37 Å². The summed E-state index contributed by atoms with van der Waals surface area (Å²) in [6.45, 7) is 0.535. The van der Waals surface area contributed by atoms with Gasteiger partial charge >= 0.3 is 0 Å². The van der Waals surface area contributed by atoms with Gasteiger partial charge in [-0.15, -0.1) is 21.5 Å². The molecule has 0 aliphatic rings. The van der Waals surface area contributed by atoms with Crippen LogP contribution in [0, 0.1) is 5.82 Å². The molecule has 0 amide bonds. The highest BCUT2D eigenvalue weighted by Gasteiger charge is 2.13. The van der Waals surface area contributed by atoms with Crippen molar-refractivity contribution in [2.75, 3.05) is 5.32 Å². The molecule has 0 saturated carbocycles. The first-order chi connectivity index (χ1) is 15.7. The first-order valence-corrected chi connectivity index (χ1v) is 12.3. The average Bonchev–Trinajstić information content (AvgIpc) is 3.45. The number of thioether (sulfide) groups is 1. The summed E-state index contributed by atoms with van der Waals surface area (Å²) in [4.78, 5) is 21.0. The molecule has 0 bridgehead atoms. The molecule has 10 heteroatoms. The van der Waals surface area contributed by atoms with E-state index in [0.29, 0.717) is 28.6 Å². The largest absolute Gasteiger partial charge is 0.356 e. The normalized spacial score (nSPS) is 11.2. The van der Waals surface area contributed by atoms with Crippen molar-refractivity contribution in [1.29, 1.82) is 0 Å². The Balaban J connectivity index is 1.26. The van der Waals surface area contributed by atoms with Crippen LogP contribution in [0.25, 0.3) is 21.3 Å². The van der Waals surface area contributed by atoms with E-state index in [1.807, 2.05) is 35.7 Å².